The third kappa shape index (κ3) is 4.99. The number of benzene rings is 2. The van der Waals surface area contributed by atoms with Crippen LogP contribution in [-0.2, 0) is 9.59 Å². The van der Waals surface area contributed by atoms with Crippen LogP contribution in [0.15, 0.2) is 48.5 Å². The lowest BCUT2D eigenvalue weighted by molar-refractivity contribution is -0.117. The van der Waals surface area contributed by atoms with Gasteiger partial charge < -0.3 is 10.6 Å². The van der Waals surface area contributed by atoms with Crippen LogP contribution in [0, 0.1) is 0 Å². The van der Waals surface area contributed by atoms with E-state index in [-0.39, 0.29) is 11.8 Å². The minimum atomic E-state index is -0.115. The molecule has 29 heavy (non-hydrogen) atoms. The number of carbonyl (C=O) groups excluding carboxylic acids is 2. The Bertz CT molecular complexity index is 974. The van der Waals surface area contributed by atoms with Gasteiger partial charge in [-0.05, 0) is 62.3 Å². The van der Waals surface area contributed by atoms with Crippen LogP contribution in [0.5, 0.6) is 0 Å². The fourth-order valence-corrected chi connectivity index (χ4v) is 4.78. The number of fused-ring (bicyclic) bond motifs is 1. The maximum atomic E-state index is 12.4. The van der Waals surface area contributed by atoms with Crippen LogP contribution < -0.4 is 10.6 Å². The predicted molar refractivity (Wildman–Crippen MR) is 117 cm³/mol. The summed E-state index contributed by atoms with van der Waals surface area (Å²) in [5.74, 6) is 0.347. The number of para-hydroxylation sites is 1. The SMILES string of the molecule is CC(=O)Nc1ccc(NC(=O)CN2CCC(c3nc4ccccc4s3)CC2)cc1. The van der Waals surface area contributed by atoms with Gasteiger partial charge in [0, 0.05) is 24.2 Å². The summed E-state index contributed by atoms with van der Waals surface area (Å²) in [7, 11) is 0. The zero-order valence-corrected chi connectivity index (χ0v) is 17.2. The minimum absolute atomic E-state index is 0.0179. The van der Waals surface area contributed by atoms with Crippen molar-refractivity contribution in [1.82, 2.24) is 9.88 Å². The first-order valence-corrected chi connectivity index (χ1v) is 10.6. The second-order valence-corrected chi connectivity index (χ2v) is 8.44. The topological polar surface area (TPSA) is 74.3 Å². The fraction of sp³-hybridized carbons (Fsp3) is 0.318. The standard InChI is InChI=1S/C22H24N4O2S/c1-15(27)23-17-6-8-18(9-7-17)24-21(28)14-26-12-10-16(11-13-26)22-25-19-4-2-3-5-20(19)29-22/h2-9,16H,10-14H2,1H3,(H,23,27)(H,24,28). The Morgan fingerprint density at radius 1 is 1.03 bits per heavy atom. The third-order valence-electron chi connectivity index (χ3n) is 5.10. The van der Waals surface area contributed by atoms with Crippen LogP contribution >= 0.6 is 11.3 Å². The molecule has 0 unspecified atom stereocenters. The summed E-state index contributed by atoms with van der Waals surface area (Å²) in [4.78, 5) is 30.4. The third-order valence-corrected chi connectivity index (χ3v) is 6.30. The van der Waals surface area contributed by atoms with E-state index >= 15 is 0 Å². The average Bonchev–Trinajstić information content (AvgIpc) is 3.14. The molecule has 2 N–H and O–H groups in total. The Morgan fingerprint density at radius 3 is 2.34 bits per heavy atom. The van der Waals surface area contributed by atoms with Crippen molar-refractivity contribution in [3.8, 4) is 0 Å². The fourth-order valence-electron chi connectivity index (χ4n) is 3.65. The lowest BCUT2D eigenvalue weighted by Gasteiger charge is -2.30. The van der Waals surface area contributed by atoms with Crippen LogP contribution in [-0.4, -0.2) is 41.3 Å². The molecule has 0 radical (unpaired) electrons. The summed E-state index contributed by atoms with van der Waals surface area (Å²) in [6.45, 7) is 3.65. The van der Waals surface area contributed by atoms with E-state index in [0.717, 1.165) is 37.1 Å². The summed E-state index contributed by atoms with van der Waals surface area (Å²) in [6.07, 6.45) is 2.05. The van der Waals surface area contributed by atoms with E-state index in [4.69, 9.17) is 4.98 Å². The van der Waals surface area contributed by atoms with Gasteiger partial charge in [0.05, 0.1) is 21.8 Å². The van der Waals surface area contributed by atoms with E-state index in [2.05, 4.69) is 33.7 Å². The molecule has 6 nitrogen and oxygen atoms in total. The van der Waals surface area contributed by atoms with Gasteiger partial charge in [0.15, 0.2) is 0 Å². The van der Waals surface area contributed by atoms with Gasteiger partial charge in [0.1, 0.15) is 0 Å². The monoisotopic (exact) mass is 408 g/mol. The van der Waals surface area contributed by atoms with Crippen LogP contribution in [0.2, 0.25) is 0 Å². The van der Waals surface area contributed by atoms with Crippen molar-refractivity contribution in [2.24, 2.45) is 0 Å². The van der Waals surface area contributed by atoms with E-state index in [1.807, 2.05) is 6.07 Å². The second-order valence-electron chi connectivity index (χ2n) is 7.38. The van der Waals surface area contributed by atoms with Crippen molar-refractivity contribution in [2.45, 2.75) is 25.7 Å². The van der Waals surface area contributed by atoms with Crippen molar-refractivity contribution >= 4 is 44.7 Å². The normalized spacial score (nSPS) is 15.3. The number of likely N-dealkylation sites (tertiary alicyclic amines) is 1. The highest BCUT2D eigenvalue weighted by atomic mass is 32.1. The second kappa shape index (κ2) is 8.71. The molecule has 0 spiro atoms. The molecule has 2 amide bonds. The van der Waals surface area contributed by atoms with Gasteiger partial charge >= 0.3 is 0 Å². The van der Waals surface area contributed by atoms with Crippen molar-refractivity contribution in [3.05, 3.63) is 53.5 Å². The first kappa shape index (κ1) is 19.5. The summed E-state index contributed by atoms with van der Waals surface area (Å²) >= 11 is 1.79. The van der Waals surface area contributed by atoms with Gasteiger partial charge in [0.2, 0.25) is 11.8 Å². The summed E-state index contributed by atoms with van der Waals surface area (Å²) in [6, 6.07) is 15.4. The number of thiazole rings is 1. The molecule has 4 rings (SSSR count). The van der Waals surface area contributed by atoms with Gasteiger partial charge in [0.25, 0.3) is 0 Å². The molecular weight excluding hydrogens is 384 g/mol. The number of amides is 2. The van der Waals surface area contributed by atoms with E-state index in [9.17, 15) is 9.59 Å². The number of hydrogen-bond acceptors (Lipinski definition) is 5. The number of rotatable bonds is 5. The molecule has 3 aromatic rings. The first-order valence-electron chi connectivity index (χ1n) is 9.82. The van der Waals surface area contributed by atoms with Crippen LogP contribution in [0.4, 0.5) is 11.4 Å². The van der Waals surface area contributed by atoms with E-state index < -0.39 is 0 Å². The van der Waals surface area contributed by atoms with E-state index in [1.54, 1.807) is 35.6 Å². The highest BCUT2D eigenvalue weighted by Crippen LogP contribution is 2.33. The molecule has 1 aromatic heterocycles. The highest BCUT2D eigenvalue weighted by molar-refractivity contribution is 7.18. The summed E-state index contributed by atoms with van der Waals surface area (Å²) < 4.78 is 1.24. The first-order chi connectivity index (χ1) is 14.1. The summed E-state index contributed by atoms with van der Waals surface area (Å²) in [5, 5.41) is 6.86. The number of piperidine rings is 1. The Kier molecular flexibility index (Phi) is 5.87. The predicted octanol–water partition coefficient (Wildman–Crippen LogP) is 4.07. The number of aromatic nitrogens is 1. The Hall–Kier alpha value is -2.77. The molecular formula is C22H24N4O2S. The molecule has 1 saturated heterocycles. The largest absolute Gasteiger partial charge is 0.326 e. The molecule has 0 atom stereocenters. The van der Waals surface area contributed by atoms with Crippen molar-refractivity contribution in [3.63, 3.8) is 0 Å². The van der Waals surface area contributed by atoms with Crippen molar-refractivity contribution in [1.29, 1.82) is 0 Å². The van der Waals surface area contributed by atoms with Crippen molar-refractivity contribution < 1.29 is 9.59 Å². The number of anilines is 2. The van der Waals surface area contributed by atoms with Crippen molar-refractivity contribution in [2.75, 3.05) is 30.3 Å². The van der Waals surface area contributed by atoms with Crippen LogP contribution in [0.25, 0.3) is 10.2 Å². The maximum Gasteiger partial charge on any atom is 0.238 e. The molecule has 1 aliphatic heterocycles. The van der Waals surface area contributed by atoms with Gasteiger partial charge in [-0.1, -0.05) is 12.1 Å². The Labute approximate surface area is 173 Å². The molecule has 7 heteroatoms. The molecule has 2 aromatic carbocycles. The quantitative estimate of drug-likeness (QED) is 0.667. The summed E-state index contributed by atoms with van der Waals surface area (Å²) in [5.41, 5.74) is 2.53. The van der Waals surface area contributed by atoms with Gasteiger partial charge in [-0.3, -0.25) is 14.5 Å². The highest BCUT2D eigenvalue weighted by Gasteiger charge is 2.24. The van der Waals surface area contributed by atoms with Crippen LogP contribution in [0.3, 0.4) is 0 Å². The molecule has 0 aliphatic carbocycles. The zero-order valence-electron chi connectivity index (χ0n) is 16.4. The lowest BCUT2D eigenvalue weighted by Crippen LogP contribution is -2.38. The smallest absolute Gasteiger partial charge is 0.238 e. The number of nitrogens with one attached hydrogen (secondary N) is 2. The molecule has 1 fully saturated rings. The molecule has 150 valence electrons. The average molecular weight is 409 g/mol. The van der Waals surface area contributed by atoms with E-state index in [1.165, 1.54) is 16.6 Å². The maximum absolute atomic E-state index is 12.4. The number of hydrogen-bond donors (Lipinski definition) is 2. The zero-order chi connectivity index (χ0) is 20.2. The van der Waals surface area contributed by atoms with Gasteiger partial charge in [-0.15, -0.1) is 11.3 Å². The number of carbonyl (C=O) groups is 2. The van der Waals surface area contributed by atoms with Gasteiger partial charge in [-0.2, -0.15) is 0 Å². The van der Waals surface area contributed by atoms with Gasteiger partial charge in [-0.25, -0.2) is 4.98 Å². The molecule has 2 heterocycles. The molecule has 1 aliphatic rings. The van der Waals surface area contributed by atoms with Crippen LogP contribution in [0.1, 0.15) is 30.7 Å². The molecule has 0 bridgehead atoms. The molecule has 0 saturated carbocycles. The Morgan fingerprint density at radius 2 is 1.69 bits per heavy atom. The number of nitrogens with zero attached hydrogens (tertiary/aromatic N) is 2. The van der Waals surface area contributed by atoms with E-state index in [0.29, 0.717) is 18.2 Å². The lowest BCUT2D eigenvalue weighted by atomic mass is 9.97. The Balaban J connectivity index is 1.26. The minimum Gasteiger partial charge on any atom is -0.326 e.